The fraction of sp³-hybridized carbons (Fsp3) is 0.333. The van der Waals surface area contributed by atoms with Crippen LogP contribution in [0, 0.1) is 5.82 Å². The van der Waals surface area contributed by atoms with Gasteiger partial charge < -0.3 is 0 Å². The van der Waals surface area contributed by atoms with Gasteiger partial charge in [-0.25, -0.2) is 17.5 Å². The summed E-state index contributed by atoms with van der Waals surface area (Å²) in [6, 6.07) is 2.69. The highest BCUT2D eigenvalue weighted by Gasteiger charge is 2.20. The minimum atomic E-state index is -3.83. The number of sulfonamides is 1. The molecule has 0 aliphatic carbocycles. The van der Waals surface area contributed by atoms with Crippen molar-refractivity contribution in [3.63, 3.8) is 0 Å². The number of nitrogens with one attached hydrogen (secondary N) is 1. The van der Waals surface area contributed by atoms with Crippen LogP contribution < -0.4 is 4.72 Å². The molecule has 0 radical (unpaired) electrons. The first-order valence-corrected chi connectivity index (χ1v) is 6.79. The molecule has 0 aromatic heterocycles. The second-order valence-corrected chi connectivity index (χ2v) is 5.65. The van der Waals surface area contributed by atoms with Crippen LogP contribution in [0.2, 0.25) is 5.02 Å². The van der Waals surface area contributed by atoms with Gasteiger partial charge in [-0.05, 0) is 25.1 Å². The summed E-state index contributed by atoms with van der Waals surface area (Å²) in [5, 5.41) is -0.0318. The lowest BCUT2D eigenvalue weighted by molar-refractivity contribution is 0.567. The van der Waals surface area contributed by atoms with Crippen LogP contribution in [0.1, 0.15) is 6.92 Å². The summed E-state index contributed by atoms with van der Waals surface area (Å²) in [5.41, 5.74) is 0. The summed E-state index contributed by atoms with van der Waals surface area (Å²) in [6.45, 7) is 1.59. The van der Waals surface area contributed by atoms with E-state index in [0.717, 1.165) is 12.1 Å². The van der Waals surface area contributed by atoms with Crippen LogP contribution in [0.15, 0.2) is 23.1 Å². The van der Waals surface area contributed by atoms with Crippen molar-refractivity contribution in [2.24, 2.45) is 0 Å². The van der Waals surface area contributed by atoms with Gasteiger partial charge in [0.1, 0.15) is 10.7 Å². The Balaban J connectivity index is 3.12. The zero-order chi connectivity index (χ0) is 12.3. The molecule has 1 unspecified atom stereocenters. The van der Waals surface area contributed by atoms with Crippen LogP contribution in [0.3, 0.4) is 0 Å². The van der Waals surface area contributed by atoms with E-state index in [9.17, 15) is 12.8 Å². The van der Waals surface area contributed by atoms with Crippen molar-refractivity contribution >= 4 is 33.2 Å². The standard InChI is InChI=1S/C9H10Cl2FNO2S/c1-6(5-10)13-16(14,15)9-4-7(12)2-3-8(9)11/h2-4,6,13H,5H2,1H3. The van der Waals surface area contributed by atoms with Gasteiger partial charge in [-0.3, -0.25) is 0 Å². The topological polar surface area (TPSA) is 46.2 Å². The Morgan fingerprint density at radius 3 is 2.69 bits per heavy atom. The van der Waals surface area contributed by atoms with Gasteiger partial charge in [0.05, 0.1) is 5.02 Å². The lowest BCUT2D eigenvalue weighted by Gasteiger charge is -2.12. The number of alkyl halides is 1. The fourth-order valence-corrected chi connectivity index (χ4v) is 2.97. The largest absolute Gasteiger partial charge is 0.242 e. The molecule has 0 saturated carbocycles. The Morgan fingerprint density at radius 1 is 1.50 bits per heavy atom. The number of benzene rings is 1. The van der Waals surface area contributed by atoms with Crippen molar-refractivity contribution in [2.75, 3.05) is 5.88 Å². The zero-order valence-corrected chi connectivity index (χ0v) is 10.7. The summed E-state index contributed by atoms with van der Waals surface area (Å²) in [5.74, 6) is -0.546. The van der Waals surface area contributed by atoms with Crippen molar-refractivity contribution in [3.8, 4) is 0 Å². The summed E-state index contributed by atoms with van der Waals surface area (Å²) < 4.78 is 38.7. The number of halogens is 3. The highest BCUT2D eigenvalue weighted by atomic mass is 35.5. The average Bonchev–Trinajstić information content (AvgIpc) is 2.20. The smallest absolute Gasteiger partial charge is 0.207 e. The molecular formula is C9H10Cl2FNO2S. The van der Waals surface area contributed by atoms with E-state index in [1.165, 1.54) is 6.07 Å². The zero-order valence-electron chi connectivity index (χ0n) is 8.38. The molecule has 1 N–H and O–H groups in total. The molecule has 0 heterocycles. The molecule has 1 rings (SSSR count). The molecule has 3 nitrogen and oxygen atoms in total. The van der Waals surface area contributed by atoms with Gasteiger partial charge in [0.15, 0.2) is 0 Å². The molecule has 0 spiro atoms. The molecule has 0 aliphatic rings. The third kappa shape index (κ3) is 3.31. The highest BCUT2D eigenvalue weighted by Crippen LogP contribution is 2.22. The van der Waals surface area contributed by atoms with Crippen LogP contribution in [-0.2, 0) is 10.0 Å². The van der Waals surface area contributed by atoms with E-state index in [4.69, 9.17) is 23.2 Å². The molecule has 0 fully saturated rings. The minimum Gasteiger partial charge on any atom is -0.207 e. The van der Waals surface area contributed by atoms with Crippen LogP contribution in [0.25, 0.3) is 0 Å². The Bertz CT molecular complexity index is 478. The predicted molar refractivity (Wildman–Crippen MR) is 61.9 cm³/mol. The van der Waals surface area contributed by atoms with Gasteiger partial charge >= 0.3 is 0 Å². The summed E-state index contributed by atoms with van der Waals surface area (Å²) in [6.07, 6.45) is 0. The molecule has 0 aliphatic heterocycles. The Labute approximate surface area is 104 Å². The van der Waals surface area contributed by atoms with E-state index in [-0.39, 0.29) is 15.8 Å². The molecule has 7 heteroatoms. The Morgan fingerprint density at radius 2 is 2.12 bits per heavy atom. The van der Waals surface area contributed by atoms with Gasteiger partial charge in [0.25, 0.3) is 0 Å². The van der Waals surface area contributed by atoms with Crippen LogP contribution in [0.4, 0.5) is 4.39 Å². The second-order valence-electron chi connectivity index (χ2n) is 3.25. The van der Waals surface area contributed by atoms with Crippen molar-refractivity contribution in [1.82, 2.24) is 4.72 Å². The molecule has 1 atom stereocenters. The van der Waals surface area contributed by atoms with Crippen molar-refractivity contribution in [1.29, 1.82) is 0 Å². The van der Waals surface area contributed by atoms with Crippen molar-refractivity contribution in [2.45, 2.75) is 17.9 Å². The van der Waals surface area contributed by atoms with Gasteiger partial charge in [-0.1, -0.05) is 11.6 Å². The molecule has 90 valence electrons. The first kappa shape index (κ1) is 13.7. The maximum atomic E-state index is 12.9. The van der Waals surface area contributed by atoms with Crippen LogP contribution >= 0.6 is 23.2 Å². The molecule has 1 aromatic rings. The van der Waals surface area contributed by atoms with E-state index >= 15 is 0 Å². The average molecular weight is 286 g/mol. The van der Waals surface area contributed by atoms with Gasteiger partial charge in [0.2, 0.25) is 10.0 Å². The lowest BCUT2D eigenvalue weighted by Crippen LogP contribution is -2.33. The van der Waals surface area contributed by atoms with Crippen LogP contribution in [0.5, 0.6) is 0 Å². The van der Waals surface area contributed by atoms with E-state index in [2.05, 4.69) is 4.72 Å². The molecule has 1 aromatic carbocycles. The second kappa shape index (κ2) is 5.31. The van der Waals surface area contributed by atoms with Gasteiger partial charge in [-0.2, -0.15) is 0 Å². The quantitative estimate of drug-likeness (QED) is 0.864. The third-order valence-electron chi connectivity index (χ3n) is 1.77. The lowest BCUT2D eigenvalue weighted by atomic mass is 10.3. The van der Waals surface area contributed by atoms with E-state index in [0.29, 0.717) is 0 Å². The summed E-state index contributed by atoms with van der Waals surface area (Å²) in [4.78, 5) is -0.286. The number of rotatable bonds is 4. The number of hydrogen-bond donors (Lipinski definition) is 1. The maximum Gasteiger partial charge on any atom is 0.242 e. The SMILES string of the molecule is CC(CCl)NS(=O)(=O)c1cc(F)ccc1Cl. The van der Waals surface area contributed by atoms with Gasteiger partial charge in [-0.15, -0.1) is 11.6 Å². The monoisotopic (exact) mass is 285 g/mol. The van der Waals surface area contributed by atoms with Crippen molar-refractivity contribution < 1.29 is 12.8 Å². The Hall–Kier alpha value is -0.360. The summed E-state index contributed by atoms with van der Waals surface area (Å²) >= 11 is 11.2. The third-order valence-corrected chi connectivity index (χ3v) is 4.30. The predicted octanol–water partition coefficient (Wildman–Crippen LogP) is 2.38. The first-order chi connectivity index (χ1) is 7.36. The van der Waals surface area contributed by atoms with Crippen molar-refractivity contribution in [3.05, 3.63) is 29.0 Å². The normalized spacial score (nSPS) is 13.8. The maximum absolute atomic E-state index is 12.9. The molecule has 16 heavy (non-hydrogen) atoms. The minimum absolute atomic E-state index is 0.0318. The van der Waals surface area contributed by atoms with E-state index in [1.807, 2.05) is 0 Å². The molecule has 0 saturated heterocycles. The van der Waals surface area contributed by atoms with E-state index in [1.54, 1.807) is 6.92 Å². The van der Waals surface area contributed by atoms with E-state index < -0.39 is 21.9 Å². The van der Waals surface area contributed by atoms with Gasteiger partial charge in [0, 0.05) is 11.9 Å². The molecule has 0 bridgehead atoms. The van der Waals surface area contributed by atoms with Crippen LogP contribution in [-0.4, -0.2) is 20.3 Å². The Kier molecular flexibility index (Phi) is 4.55. The highest BCUT2D eigenvalue weighted by molar-refractivity contribution is 7.89. The molecule has 0 amide bonds. The fourth-order valence-electron chi connectivity index (χ4n) is 1.04. The first-order valence-electron chi connectivity index (χ1n) is 4.40. The summed E-state index contributed by atoms with van der Waals surface area (Å²) in [7, 11) is -3.83. The molecular weight excluding hydrogens is 276 g/mol. The number of hydrogen-bond acceptors (Lipinski definition) is 2.